The topological polar surface area (TPSA) is 67.2 Å². The summed E-state index contributed by atoms with van der Waals surface area (Å²) in [6.45, 7) is 5.70. The van der Waals surface area contributed by atoms with E-state index in [0.717, 1.165) is 5.69 Å². The standard InChI is InChI=1S/C11H19N3O2/c1-7(2)10(6-15)13-11(16)9-5-12-14(4)8(9)3/h5,7,10,15H,6H2,1-4H3,(H,13,16). The number of amides is 1. The molecule has 1 unspecified atom stereocenters. The lowest BCUT2D eigenvalue weighted by molar-refractivity contribution is 0.0896. The van der Waals surface area contributed by atoms with Crippen LogP contribution in [0.5, 0.6) is 0 Å². The van der Waals surface area contributed by atoms with Crippen LogP contribution in [0.3, 0.4) is 0 Å². The molecule has 5 heteroatoms. The molecule has 0 radical (unpaired) electrons. The molecule has 0 fully saturated rings. The summed E-state index contributed by atoms with van der Waals surface area (Å²) in [7, 11) is 1.79. The van der Waals surface area contributed by atoms with E-state index in [4.69, 9.17) is 5.11 Å². The third-order valence-corrected chi connectivity index (χ3v) is 2.80. The fraction of sp³-hybridized carbons (Fsp3) is 0.636. The third kappa shape index (κ3) is 2.61. The largest absolute Gasteiger partial charge is 0.394 e. The Bertz CT molecular complexity index is 371. The van der Waals surface area contributed by atoms with Gasteiger partial charge in [-0.1, -0.05) is 13.8 Å². The highest BCUT2D eigenvalue weighted by Crippen LogP contribution is 2.07. The minimum atomic E-state index is -0.216. The van der Waals surface area contributed by atoms with Gasteiger partial charge in [-0.3, -0.25) is 9.48 Å². The third-order valence-electron chi connectivity index (χ3n) is 2.80. The van der Waals surface area contributed by atoms with Crippen molar-refractivity contribution in [3.63, 3.8) is 0 Å². The van der Waals surface area contributed by atoms with Gasteiger partial charge in [-0.25, -0.2) is 0 Å². The van der Waals surface area contributed by atoms with Crippen LogP contribution in [0.15, 0.2) is 6.20 Å². The van der Waals surface area contributed by atoms with Gasteiger partial charge in [0.05, 0.1) is 24.4 Å². The van der Waals surface area contributed by atoms with E-state index in [9.17, 15) is 4.79 Å². The number of aliphatic hydroxyl groups is 1. The van der Waals surface area contributed by atoms with Crippen molar-refractivity contribution < 1.29 is 9.90 Å². The van der Waals surface area contributed by atoms with E-state index < -0.39 is 0 Å². The fourth-order valence-corrected chi connectivity index (χ4v) is 1.39. The number of carbonyl (C=O) groups excluding carboxylic acids is 1. The summed E-state index contributed by atoms with van der Waals surface area (Å²) in [6.07, 6.45) is 1.54. The highest BCUT2D eigenvalue weighted by atomic mass is 16.3. The van der Waals surface area contributed by atoms with Crippen LogP contribution in [0.4, 0.5) is 0 Å². The van der Waals surface area contributed by atoms with E-state index in [-0.39, 0.29) is 24.5 Å². The summed E-state index contributed by atoms with van der Waals surface area (Å²) in [4.78, 5) is 11.9. The monoisotopic (exact) mass is 225 g/mol. The van der Waals surface area contributed by atoms with Gasteiger partial charge in [0.15, 0.2) is 0 Å². The predicted molar refractivity (Wildman–Crippen MR) is 61.1 cm³/mol. The lowest BCUT2D eigenvalue weighted by Gasteiger charge is -2.19. The molecule has 1 heterocycles. The fourth-order valence-electron chi connectivity index (χ4n) is 1.39. The molecule has 2 N–H and O–H groups in total. The Labute approximate surface area is 95.5 Å². The Morgan fingerprint density at radius 1 is 1.62 bits per heavy atom. The summed E-state index contributed by atoms with van der Waals surface area (Å²) >= 11 is 0. The SMILES string of the molecule is Cc1c(C(=O)NC(CO)C(C)C)cnn1C. The van der Waals surface area contributed by atoms with Gasteiger partial charge in [0.2, 0.25) is 0 Å². The number of nitrogens with zero attached hydrogens (tertiary/aromatic N) is 2. The van der Waals surface area contributed by atoms with Crippen molar-refractivity contribution in [3.8, 4) is 0 Å². The Morgan fingerprint density at radius 2 is 2.25 bits per heavy atom. The van der Waals surface area contributed by atoms with Crippen molar-refractivity contribution in [2.45, 2.75) is 26.8 Å². The maximum atomic E-state index is 11.9. The minimum Gasteiger partial charge on any atom is -0.394 e. The molecule has 0 aromatic carbocycles. The van der Waals surface area contributed by atoms with Gasteiger partial charge in [-0.2, -0.15) is 5.10 Å². The summed E-state index contributed by atoms with van der Waals surface area (Å²) in [5.41, 5.74) is 1.37. The summed E-state index contributed by atoms with van der Waals surface area (Å²) in [5.74, 6) is 0.0178. The molecule has 0 aliphatic carbocycles. The molecule has 0 aliphatic rings. The second kappa shape index (κ2) is 5.12. The zero-order valence-corrected chi connectivity index (χ0v) is 10.2. The van der Waals surface area contributed by atoms with E-state index in [1.54, 1.807) is 17.9 Å². The van der Waals surface area contributed by atoms with Crippen LogP contribution in [0.25, 0.3) is 0 Å². The average molecular weight is 225 g/mol. The number of hydrogen-bond acceptors (Lipinski definition) is 3. The Morgan fingerprint density at radius 3 is 2.62 bits per heavy atom. The molecule has 0 bridgehead atoms. The quantitative estimate of drug-likeness (QED) is 0.783. The van der Waals surface area contributed by atoms with Gasteiger partial charge in [0, 0.05) is 12.7 Å². The summed E-state index contributed by atoms with van der Waals surface area (Å²) < 4.78 is 1.65. The normalized spacial score (nSPS) is 12.9. The molecule has 16 heavy (non-hydrogen) atoms. The number of carbonyl (C=O) groups is 1. The molecule has 1 atom stereocenters. The molecule has 90 valence electrons. The first-order valence-electron chi connectivity index (χ1n) is 5.37. The number of nitrogens with one attached hydrogen (secondary N) is 1. The van der Waals surface area contributed by atoms with Crippen molar-refractivity contribution in [2.24, 2.45) is 13.0 Å². The molecule has 1 amide bonds. The summed E-state index contributed by atoms with van der Waals surface area (Å²) in [6, 6.07) is -0.216. The molecular weight excluding hydrogens is 206 g/mol. The van der Waals surface area contributed by atoms with Gasteiger partial charge in [-0.15, -0.1) is 0 Å². The highest BCUT2D eigenvalue weighted by molar-refractivity contribution is 5.95. The van der Waals surface area contributed by atoms with Crippen molar-refractivity contribution in [1.29, 1.82) is 0 Å². The van der Waals surface area contributed by atoms with Crippen molar-refractivity contribution in [3.05, 3.63) is 17.5 Å². The second-order valence-corrected chi connectivity index (χ2v) is 4.27. The van der Waals surface area contributed by atoms with Gasteiger partial charge in [0.1, 0.15) is 0 Å². The maximum absolute atomic E-state index is 11.9. The van der Waals surface area contributed by atoms with E-state index in [0.29, 0.717) is 5.56 Å². The van der Waals surface area contributed by atoms with Gasteiger partial charge in [-0.05, 0) is 12.8 Å². The first-order chi connectivity index (χ1) is 7.47. The van der Waals surface area contributed by atoms with Crippen molar-refractivity contribution >= 4 is 5.91 Å². The van der Waals surface area contributed by atoms with Crippen LogP contribution in [-0.4, -0.2) is 33.4 Å². The number of aryl methyl sites for hydroxylation is 1. The van der Waals surface area contributed by atoms with Crippen LogP contribution in [-0.2, 0) is 7.05 Å². The number of hydrogen-bond donors (Lipinski definition) is 2. The van der Waals surface area contributed by atoms with Crippen LogP contribution in [0.2, 0.25) is 0 Å². The van der Waals surface area contributed by atoms with E-state index >= 15 is 0 Å². The maximum Gasteiger partial charge on any atom is 0.255 e. The van der Waals surface area contributed by atoms with Crippen LogP contribution in [0.1, 0.15) is 29.9 Å². The molecule has 0 aliphatic heterocycles. The predicted octanol–water partition coefficient (Wildman–Crippen LogP) is 0.475. The summed E-state index contributed by atoms with van der Waals surface area (Å²) in [5, 5.41) is 15.9. The van der Waals surface area contributed by atoms with Crippen molar-refractivity contribution in [1.82, 2.24) is 15.1 Å². The van der Waals surface area contributed by atoms with E-state index in [2.05, 4.69) is 10.4 Å². The lowest BCUT2D eigenvalue weighted by atomic mass is 10.1. The number of rotatable bonds is 4. The Kier molecular flexibility index (Phi) is 4.06. The van der Waals surface area contributed by atoms with Crippen molar-refractivity contribution in [2.75, 3.05) is 6.61 Å². The van der Waals surface area contributed by atoms with Gasteiger partial charge in [0.25, 0.3) is 5.91 Å². The number of aromatic nitrogens is 2. The molecule has 1 aromatic heterocycles. The van der Waals surface area contributed by atoms with E-state index in [1.165, 1.54) is 0 Å². The zero-order valence-electron chi connectivity index (χ0n) is 10.2. The molecule has 0 spiro atoms. The molecular formula is C11H19N3O2. The number of aliphatic hydroxyl groups excluding tert-OH is 1. The molecule has 0 saturated heterocycles. The Balaban J connectivity index is 2.76. The average Bonchev–Trinajstić information content (AvgIpc) is 2.55. The second-order valence-electron chi connectivity index (χ2n) is 4.27. The highest BCUT2D eigenvalue weighted by Gasteiger charge is 2.18. The smallest absolute Gasteiger partial charge is 0.255 e. The van der Waals surface area contributed by atoms with Crippen LogP contribution < -0.4 is 5.32 Å². The minimum absolute atomic E-state index is 0.0529. The Hall–Kier alpha value is -1.36. The zero-order chi connectivity index (χ0) is 12.3. The molecule has 0 saturated carbocycles. The van der Waals surface area contributed by atoms with Gasteiger partial charge < -0.3 is 10.4 Å². The van der Waals surface area contributed by atoms with Gasteiger partial charge >= 0.3 is 0 Å². The molecule has 5 nitrogen and oxygen atoms in total. The first kappa shape index (κ1) is 12.7. The molecule has 1 rings (SSSR count). The molecule has 1 aromatic rings. The lowest BCUT2D eigenvalue weighted by Crippen LogP contribution is -2.41. The first-order valence-corrected chi connectivity index (χ1v) is 5.37. The van der Waals surface area contributed by atoms with E-state index in [1.807, 2.05) is 20.8 Å². The van der Waals surface area contributed by atoms with Crippen LogP contribution >= 0.6 is 0 Å². The van der Waals surface area contributed by atoms with Crippen LogP contribution in [0, 0.1) is 12.8 Å².